The summed E-state index contributed by atoms with van der Waals surface area (Å²) in [7, 11) is 1.87. The fraction of sp³-hybridized carbons (Fsp3) is 0.667. The lowest BCUT2D eigenvalue weighted by atomic mass is 9.97. The standard InChI is InChI=1S/C15H22N4O2/c1-10(20)19-8-4-5-11(9-19)15(21)16-14-12-6-3-7-13(12)17-18(14)2/h11H,3-9H2,1-2H3,(H,16,21)/t11-/m0/s1. The van der Waals surface area contributed by atoms with Gasteiger partial charge in [0.25, 0.3) is 0 Å². The summed E-state index contributed by atoms with van der Waals surface area (Å²) in [5.74, 6) is 0.787. The van der Waals surface area contributed by atoms with E-state index in [1.165, 1.54) is 5.56 Å². The molecule has 0 aromatic carbocycles. The molecule has 114 valence electrons. The van der Waals surface area contributed by atoms with Gasteiger partial charge in [0.1, 0.15) is 5.82 Å². The first-order valence-corrected chi connectivity index (χ1v) is 7.67. The van der Waals surface area contributed by atoms with Crippen LogP contribution in [0.3, 0.4) is 0 Å². The van der Waals surface area contributed by atoms with Crippen molar-refractivity contribution >= 4 is 17.6 Å². The fourth-order valence-corrected chi connectivity index (χ4v) is 3.37. The number of nitrogens with one attached hydrogen (secondary N) is 1. The number of hydrogen-bond acceptors (Lipinski definition) is 3. The molecule has 2 amide bonds. The van der Waals surface area contributed by atoms with Crippen LogP contribution in [0.5, 0.6) is 0 Å². The van der Waals surface area contributed by atoms with Crippen LogP contribution < -0.4 is 5.32 Å². The molecule has 0 bridgehead atoms. The van der Waals surface area contributed by atoms with Gasteiger partial charge in [-0.15, -0.1) is 0 Å². The molecule has 1 fully saturated rings. The van der Waals surface area contributed by atoms with E-state index < -0.39 is 0 Å². The minimum atomic E-state index is -0.116. The molecule has 2 heterocycles. The Labute approximate surface area is 124 Å². The Morgan fingerprint density at radius 1 is 1.29 bits per heavy atom. The quantitative estimate of drug-likeness (QED) is 0.887. The van der Waals surface area contributed by atoms with E-state index >= 15 is 0 Å². The van der Waals surface area contributed by atoms with Crippen molar-refractivity contribution < 1.29 is 9.59 Å². The Morgan fingerprint density at radius 2 is 2.10 bits per heavy atom. The average molecular weight is 290 g/mol. The molecule has 2 aliphatic rings. The van der Waals surface area contributed by atoms with Crippen LogP contribution in [0.25, 0.3) is 0 Å². The van der Waals surface area contributed by atoms with Crippen LogP contribution in [0.15, 0.2) is 0 Å². The highest BCUT2D eigenvalue weighted by molar-refractivity contribution is 5.93. The molecule has 1 atom stereocenters. The maximum Gasteiger partial charge on any atom is 0.230 e. The number of carbonyl (C=O) groups is 2. The van der Waals surface area contributed by atoms with Gasteiger partial charge in [0.05, 0.1) is 11.6 Å². The summed E-state index contributed by atoms with van der Waals surface area (Å²) in [5, 5.41) is 7.51. The van der Waals surface area contributed by atoms with Gasteiger partial charge in [-0.05, 0) is 32.1 Å². The molecule has 3 rings (SSSR count). The van der Waals surface area contributed by atoms with Gasteiger partial charge in [-0.1, -0.05) is 0 Å². The number of aromatic nitrogens is 2. The number of carbonyl (C=O) groups excluding carboxylic acids is 2. The Hall–Kier alpha value is -1.85. The van der Waals surface area contributed by atoms with Gasteiger partial charge in [0.15, 0.2) is 0 Å². The van der Waals surface area contributed by atoms with Crippen LogP contribution in [-0.4, -0.2) is 39.6 Å². The first kappa shape index (κ1) is 14.1. The van der Waals surface area contributed by atoms with E-state index in [9.17, 15) is 9.59 Å². The second kappa shape index (κ2) is 5.50. The van der Waals surface area contributed by atoms with Crippen LogP contribution in [-0.2, 0) is 29.5 Å². The Morgan fingerprint density at radius 3 is 2.86 bits per heavy atom. The molecule has 6 heteroatoms. The van der Waals surface area contributed by atoms with E-state index in [1.54, 1.807) is 16.5 Å². The van der Waals surface area contributed by atoms with Crippen molar-refractivity contribution in [2.75, 3.05) is 18.4 Å². The van der Waals surface area contributed by atoms with E-state index in [-0.39, 0.29) is 17.7 Å². The van der Waals surface area contributed by atoms with Crippen molar-refractivity contribution in [1.82, 2.24) is 14.7 Å². The van der Waals surface area contributed by atoms with Gasteiger partial charge in [-0.3, -0.25) is 14.3 Å². The molecule has 1 aliphatic heterocycles. The van der Waals surface area contributed by atoms with E-state index in [0.29, 0.717) is 6.54 Å². The third-order valence-corrected chi connectivity index (χ3v) is 4.55. The molecular formula is C15H22N4O2. The van der Waals surface area contributed by atoms with Crippen LogP contribution in [0, 0.1) is 5.92 Å². The van der Waals surface area contributed by atoms with Gasteiger partial charge >= 0.3 is 0 Å². The molecule has 1 saturated heterocycles. The van der Waals surface area contributed by atoms with Crippen molar-refractivity contribution in [3.05, 3.63) is 11.3 Å². The molecule has 0 radical (unpaired) electrons. The fourth-order valence-electron chi connectivity index (χ4n) is 3.37. The van der Waals surface area contributed by atoms with E-state index in [2.05, 4.69) is 10.4 Å². The Kier molecular flexibility index (Phi) is 3.69. The Balaban J connectivity index is 1.70. The number of likely N-dealkylation sites (tertiary alicyclic amines) is 1. The summed E-state index contributed by atoms with van der Waals surface area (Å²) in [4.78, 5) is 25.7. The first-order chi connectivity index (χ1) is 10.1. The highest BCUT2D eigenvalue weighted by Gasteiger charge is 2.29. The molecule has 0 saturated carbocycles. The normalized spacial score (nSPS) is 21.2. The molecule has 21 heavy (non-hydrogen) atoms. The van der Waals surface area contributed by atoms with Crippen molar-refractivity contribution in [1.29, 1.82) is 0 Å². The van der Waals surface area contributed by atoms with Crippen LogP contribution in [0.4, 0.5) is 5.82 Å². The van der Waals surface area contributed by atoms with Gasteiger partial charge in [-0.2, -0.15) is 5.10 Å². The third kappa shape index (κ3) is 2.66. The van der Waals surface area contributed by atoms with Gasteiger partial charge in [-0.25, -0.2) is 0 Å². The van der Waals surface area contributed by atoms with E-state index in [4.69, 9.17) is 0 Å². The lowest BCUT2D eigenvalue weighted by Gasteiger charge is -2.31. The number of amides is 2. The topological polar surface area (TPSA) is 67.2 Å². The SMILES string of the molecule is CC(=O)N1CCC[C@H](C(=O)Nc2c3c(nn2C)CCC3)C1. The summed E-state index contributed by atoms with van der Waals surface area (Å²) in [6, 6.07) is 0. The predicted octanol–water partition coefficient (Wildman–Crippen LogP) is 1.11. The Bertz CT molecular complexity index is 578. The molecule has 1 aliphatic carbocycles. The number of piperidine rings is 1. The van der Waals surface area contributed by atoms with Crippen molar-refractivity contribution in [2.45, 2.75) is 39.0 Å². The summed E-state index contributed by atoms with van der Waals surface area (Å²) in [5.41, 5.74) is 2.30. The maximum atomic E-state index is 12.5. The second-order valence-electron chi connectivity index (χ2n) is 6.04. The summed E-state index contributed by atoms with van der Waals surface area (Å²) < 4.78 is 1.77. The lowest BCUT2D eigenvalue weighted by Crippen LogP contribution is -2.43. The highest BCUT2D eigenvalue weighted by Crippen LogP contribution is 2.29. The molecular weight excluding hydrogens is 268 g/mol. The zero-order valence-corrected chi connectivity index (χ0v) is 12.7. The molecule has 1 aromatic rings. The second-order valence-corrected chi connectivity index (χ2v) is 6.04. The first-order valence-electron chi connectivity index (χ1n) is 7.67. The molecule has 0 unspecified atom stereocenters. The predicted molar refractivity (Wildman–Crippen MR) is 78.8 cm³/mol. The molecule has 1 N–H and O–H groups in total. The maximum absolute atomic E-state index is 12.5. The van der Waals surface area contributed by atoms with E-state index in [1.807, 2.05) is 7.05 Å². The molecule has 6 nitrogen and oxygen atoms in total. The number of hydrogen-bond donors (Lipinski definition) is 1. The van der Waals surface area contributed by atoms with Gasteiger partial charge in [0.2, 0.25) is 11.8 Å². The summed E-state index contributed by atoms with van der Waals surface area (Å²) >= 11 is 0. The summed E-state index contributed by atoms with van der Waals surface area (Å²) in [6.45, 7) is 2.86. The number of fused-ring (bicyclic) bond motifs is 1. The number of aryl methyl sites for hydroxylation is 2. The smallest absolute Gasteiger partial charge is 0.230 e. The van der Waals surface area contributed by atoms with Crippen molar-refractivity contribution in [2.24, 2.45) is 13.0 Å². The van der Waals surface area contributed by atoms with E-state index in [0.717, 1.165) is 50.2 Å². The number of anilines is 1. The van der Waals surface area contributed by atoms with Gasteiger partial charge < -0.3 is 10.2 Å². The van der Waals surface area contributed by atoms with Crippen molar-refractivity contribution in [3.63, 3.8) is 0 Å². The molecule has 0 spiro atoms. The van der Waals surface area contributed by atoms with Crippen LogP contribution in [0.1, 0.15) is 37.4 Å². The summed E-state index contributed by atoms with van der Waals surface area (Å²) in [6.07, 6.45) is 4.84. The van der Waals surface area contributed by atoms with Crippen LogP contribution in [0.2, 0.25) is 0 Å². The lowest BCUT2D eigenvalue weighted by molar-refractivity contribution is -0.132. The minimum absolute atomic E-state index is 0.0126. The average Bonchev–Trinajstić information content (AvgIpc) is 3.02. The monoisotopic (exact) mass is 290 g/mol. The molecule has 1 aromatic heterocycles. The van der Waals surface area contributed by atoms with Gasteiger partial charge in [0, 0.05) is 32.6 Å². The highest BCUT2D eigenvalue weighted by atomic mass is 16.2. The zero-order chi connectivity index (χ0) is 15.0. The van der Waals surface area contributed by atoms with Crippen LogP contribution >= 0.6 is 0 Å². The number of nitrogens with zero attached hydrogens (tertiary/aromatic N) is 3. The number of rotatable bonds is 2. The largest absolute Gasteiger partial charge is 0.342 e. The minimum Gasteiger partial charge on any atom is -0.342 e. The van der Waals surface area contributed by atoms with Crippen molar-refractivity contribution in [3.8, 4) is 0 Å². The zero-order valence-electron chi connectivity index (χ0n) is 12.7. The third-order valence-electron chi connectivity index (χ3n) is 4.55.